The monoisotopic (exact) mass is 235 g/mol. The summed E-state index contributed by atoms with van der Waals surface area (Å²) in [5.41, 5.74) is 3.03. The van der Waals surface area contributed by atoms with Gasteiger partial charge in [0.05, 0.1) is 6.61 Å². The topological polar surface area (TPSA) is 38.3 Å². The fourth-order valence-corrected chi connectivity index (χ4v) is 1.79. The second-order valence-corrected chi connectivity index (χ2v) is 4.47. The van der Waals surface area contributed by atoms with Crippen LogP contribution in [0, 0.1) is 6.92 Å². The third-order valence-electron chi connectivity index (χ3n) is 2.58. The molecule has 1 amide bonds. The summed E-state index contributed by atoms with van der Waals surface area (Å²) in [7, 11) is 0. The van der Waals surface area contributed by atoms with E-state index in [0.717, 1.165) is 22.6 Å². The summed E-state index contributed by atoms with van der Waals surface area (Å²) in [6.07, 6.45) is 0. The van der Waals surface area contributed by atoms with Crippen LogP contribution in [0.15, 0.2) is 12.1 Å². The van der Waals surface area contributed by atoms with E-state index in [9.17, 15) is 4.79 Å². The van der Waals surface area contributed by atoms with Gasteiger partial charge in [0.2, 0.25) is 5.91 Å². The van der Waals surface area contributed by atoms with Crippen molar-refractivity contribution in [1.29, 1.82) is 0 Å². The molecule has 0 heterocycles. The van der Waals surface area contributed by atoms with Crippen molar-refractivity contribution in [2.75, 3.05) is 11.9 Å². The highest BCUT2D eigenvalue weighted by Gasteiger charge is 2.12. The standard InChI is InChI=1S/C14H21NO2/c1-6-17-14-8-12(9(2)3)13(7-10(14)4)15-11(5)16/h7-9H,6H2,1-5H3,(H,15,16). The Balaban J connectivity index is 3.20. The van der Waals surface area contributed by atoms with Gasteiger partial charge in [-0.05, 0) is 43.0 Å². The number of hydrogen-bond acceptors (Lipinski definition) is 2. The molecular formula is C14H21NO2. The van der Waals surface area contributed by atoms with Crippen molar-refractivity contribution >= 4 is 11.6 Å². The largest absolute Gasteiger partial charge is 0.494 e. The first-order valence-corrected chi connectivity index (χ1v) is 6.00. The van der Waals surface area contributed by atoms with Crippen LogP contribution in [0.25, 0.3) is 0 Å². The normalized spacial score (nSPS) is 10.5. The smallest absolute Gasteiger partial charge is 0.221 e. The Labute approximate surface area is 103 Å². The minimum absolute atomic E-state index is 0.0459. The predicted molar refractivity (Wildman–Crippen MR) is 70.7 cm³/mol. The van der Waals surface area contributed by atoms with Gasteiger partial charge in [-0.3, -0.25) is 4.79 Å². The molecule has 3 heteroatoms. The van der Waals surface area contributed by atoms with E-state index in [0.29, 0.717) is 12.5 Å². The minimum atomic E-state index is -0.0459. The molecule has 0 bridgehead atoms. The van der Waals surface area contributed by atoms with Gasteiger partial charge in [-0.15, -0.1) is 0 Å². The molecule has 0 atom stereocenters. The van der Waals surface area contributed by atoms with Crippen LogP contribution in [0.5, 0.6) is 5.75 Å². The zero-order valence-electron chi connectivity index (χ0n) is 11.3. The van der Waals surface area contributed by atoms with Gasteiger partial charge in [0.1, 0.15) is 5.75 Å². The number of carbonyl (C=O) groups is 1. The number of aryl methyl sites for hydroxylation is 1. The van der Waals surface area contributed by atoms with Gasteiger partial charge < -0.3 is 10.1 Å². The number of rotatable bonds is 4. The Hall–Kier alpha value is -1.51. The van der Waals surface area contributed by atoms with E-state index in [1.807, 2.05) is 26.0 Å². The highest BCUT2D eigenvalue weighted by Crippen LogP contribution is 2.31. The van der Waals surface area contributed by atoms with E-state index < -0.39 is 0 Å². The lowest BCUT2D eigenvalue weighted by molar-refractivity contribution is -0.114. The predicted octanol–water partition coefficient (Wildman–Crippen LogP) is 3.48. The Kier molecular flexibility index (Phi) is 4.55. The molecule has 94 valence electrons. The second-order valence-electron chi connectivity index (χ2n) is 4.47. The Morgan fingerprint density at radius 1 is 1.41 bits per heavy atom. The molecule has 1 aromatic carbocycles. The van der Waals surface area contributed by atoms with Crippen LogP contribution in [-0.2, 0) is 4.79 Å². The molecule has 17 heavy (non-hydrogen) atoms. The lowest BCUT2D eigenvalue weighted by atomic mass is 9.98. The van der Waals surface area contributed by atoms with Crippen molar-refractivity contribution in [1.82, 2.24) is 0 Å². The SMILES string of the molecule is CCOc1cc(C(C)C)c(NC(C)=O)cc1C. The average Bonchev–Trinajstić information content (AvgIpc) is 2.20. The van der Waals surface area contributed by atoms with E-state index in [2.05, 4.69) is 19.2 Å². The minimum Gasteiger partial charge on any atom is -0.494 e. The molecule has 0 spiro atoms. The summed E-state index contributed by atoms with van der Waals surface area (Å²) in [4.78, 5) is 11.2. The van der Waals surface area contributed by atoms with Crippen molar-refractivity contribution in [3.8, 4) is 5.75 Å². The first-order chi connectivity index (χ1) is 7.95. The number of ether oxygens (including phenoxy) is 1. The van der Waals surface area contributed by atoms with Crippen molar-refractivity contribution in [3.63, 3.8) is 0 Å². The zero-order chi connectivity index (χ0) is 13.0. The highest BCUT2D eigenvalue weighted by atomic mass is 16.5. The van der Waals surface area contributed by atoms with Crippen molar-refractivity contribution in [2.45, 2.75) is 40.5 Å². The molecule has 0 saturated heterocycles. The van der Waals surface area contributed by atoms with Gasteiger partial charge in [-0.25, -0.2) is 0 Å². The number of nitrogens with one attached hydrogen (secondary N) is 1. The van der Waals surface area contributed by atoms with Crippen LogP contribution >= 0.6 is 0 Å². The molecule has 0 aromatic heterocycles. The molecule has 0 aliphatic carbocycles. The Morgan fingerprint density at radius 3 is 2.53 bits per heavy atom. The molecule has 1 aromatic rings. The quantitative estimate of drug-likeness (QED) is 0.867. The van der Waals surface area contributed by atoms with E-state index in [4.69, 9.17) is 4.74 Å². The summed E-state index contributed by atoms with van der Waals surface area (Å²) in [5.74, 6) is 1.19. The van der Waals surface area contributed by atoms with Gasteiger partial charge in [0.15, 0.2) is 0 Å². The van der Waals surface area contributed by atoms with Crippen molar-refractivity contribution in [3.05, 3.63) is 23.3 Å². The molecule has 0 radical (unpaired) electrons. The van der Waals surface area contributed by atoms with Crippen LogP contribution in [0.4, 0.5) is 5.69 Å². The fraction of sp³-hybridized carbons (Fsp3) is 0.500. The Bertz CT molecular complexity index is 411. The third-order valence-corrected chi connectivity index (χ3v) is 2.58. The number of anilines is 1. The maximum atomic E-state index is 11.2. The van der Waals surface area contributed by atoms with Crippen LogP contribution in [0.2, 0.25) is 0 Å². The van der Waals surface area contributed by atoms with Crippen LogP contribution in [0.1, 0.15) is 44.7 Å². The summed E-state index contributed by atoms with van der Waals surface area (Å²) >= 11 is 0. The number of hydrogen-bond donors (Lipinski definition) is 1. The number of carbonyl (C=O) groups excluding carboxylic acids is 1. The fourth-order valence-electron chi connectivity index (χ4n) is 1.79. The number of benzene rings is 1. The van der Waals surface area contributed by atoms with Gasteiger partial charge >= 0.3 is 0 Å². The summed E-state index contributed by atoms with van der Waals surface area (Å²) in [5, 5.41) is 2.87. The lowest BCUT2D eigenvalue weighted by Gasteiger charge is -2.17. The van der Waals surface area contributed by atoms with Gasteiger partial charge in [-0.2, -0.15) is 0 Å². The second kappa shape index (κ2) is 5.71. The average molecular weight is 235 g/mol. The molecule has 1 N–H and O–H groups in total. The van der Waals surface area contributed by atoms with Crippen LogP contribution in [0.3, 0.4) is 0 Å². The van der Waals surface area contributed by atoms with Crippen LogP contribution < -0.4 is 10.1 Å². The van der Waals surface area contributed by atoms with Crippen molar-refractivity contribution in [2.24, 2.45) is 0 Å². The maximum absolute atomic E-state index is 11.2. The molecular weight excluding hydrogens is 214 g/mol. The van der Waals surface area contributed by atoms with Crippen molar-refractivity contribution < 1.29 is 9.53 Å². The molecule has 0 aliphatic heterocycles. The van der Waals surface area contributed by atoms with Gasteiger partial charge in [-0.1, -0.05) is 13.8 Å². The molecule has 1 rings (SSSR count). The van der Waals surface area contributed by atoms with E-state index >= 15 is 0 Å². The van der Waals surface area contributed by atoms with E-state index in [-0.39, 0.29) is 5.91 Å². The molecule has 3 nitrogen and oxygen atoms in total. The summed E-state index contributed by atoms with van der Waals surface area (Å²) in [6, 6.07) is 4.00. The van der Waals surface area contributed by atoms with Gasteiger partial charge in [0, 0.05) is 12.6 Å². The molecule has 0 unspecified atom stereocenters. The van der Waals surface area contributed by atoms with E-state index in [1.54, 1.807) is 0 Å². The maximum Gasteiger partial charge on any atom is 0.221 e. The Morgan fingerprint density at radius 2 is 2.06 bits per heavy atom. The third kappa shape index (κ3) is 3.48. The zero-order valence-corrected chi connectivity index (χ0v) is 11.3. The summed E-state index contributed by atoms with van der Waals surface area (Å²) < 4.78 is 5.57. The van der Waals surface area contributed by atoms with Gasteiger partial charge in [0.25, 0.3) is 0 Å². The number of amides is 1. The molecule has 0 saturated carbocycles. The van der Waals surface area contributed by atoms with Crippen LogP contribution in [-0.4, -0.2) is 12.5 Å². The lowest BCUT2D eigenvalue weighted by Crippen LogP contribution is -2.10. The molecule has 0 aliphatic rings. The first kappa shape index (κ1) is 13.6. The van der Waals surface area contributed by atoms with E-state index in [1.165, 1.54) is 6.92 Å². The molecule has 0 fully saturated rings. The highest BCUT2D eigenvalue weighted by molar-refractivity contribution is 5.90. The summed E-state index contributed by atoms with van der Waals surface area (Å²) in [6.45, 7) is 10.3. The first-order valence-electron chi connectivity index (χ1n) is 6.00.